The average molecular weight is 265 g/mol. The van der Waals surface area contributed by atoms with E-state index in [1.54, 1.807) is 10.9 Å². The van der Waals surface area contributed by atoms with Crippen LogP contribution in [0.2, 0.25) is 0 Å². The van der Waals surface area contributed by atoms with Gasteiger partial charge in [-0.05, 0) is 0 Å². The van der Waals surface area contributed by atoms with E-state index < -0.39 is 18.4 Å². The zero-order chi connectivity index (χ0) is 13.6. The van der Waals surface area contributed by atoms with Gasteiger partial charge in [-0.15, -0.1) is 0 Å². The molecule has 0 radical (unpaired) electrons. The molecule has 4 atom stereocenters. The lowest BCUT2D eigenvalue weighted by atomic mass is 10.0. The molecule has 1 unspecified atom stereocenters. The van der Waals surface area contributed by atoms with Gasteiger partial charge >= 0.3 is 0 Å². The Morgan fingerprint density at radius 3 is 2.89 bits per heavy atom. The number of fused-ring (bicyclic) bond motifs is 1. The van der Waals surface area contributed by atoms with Crippen molar-refractivity contribution in [1.29, 1.82) is 0 Å². The largest absolute Gasteiger partial charge is 0.394 e. The van der Waals surface area contributed by atoms with Crippen molar-refractivity contribution >= 4 is 17.0 Å². The number of nitrogen functional groups attached to an aromatic ring is 1. The maximum Gasteiger partial charge on any atom is 0.167 e. The van der Waals surface area contributed by atoms with Gasteiger partial charge in [0.05, 0.1) is 19.0 Å². The molecule has 0 amide bonds. The molecule has 0 aliphatic carbocycles. The van der Waals surface area contributed by atoms with Gasteiger partial charge in [-0.3, -0.25) is 4.57 Å². The average Bonchev–Trinajstić information content (AvgIpc) is 2.94. The third-order valence-electron chi connectivity index (χ3n) is 3.52. The van der Waals surface area contributed by atoms with Gasteiger partial charge in [0, 0.05) is 5.92 Å². The molecule has 4 N–H and O–H groups in total. The van der Waals surface area contributed by atoms with Crippen LogP contribution in [0, 0.1) is 5.92 Å². The Kier molecular flexibility index (Phi) is 2.85. The number of hydrogen-bond donors (Lipinski definition) is 3. The van der Waals surface area contributed by atoms with Crippen molar-refractivity contribution < 1.29 is 14.9 Å². The van der Waals surface area contributed by atoms with E-state index in [2.05, 4.69) is 15.0 Å². The topological polar surface area (TPSA) is 119 Å². The van der Waals surface area contributed by atoms with E-state index in [1.165, 1.54) is 6.33 Å². The molecule has 3 heterocycles. The second kappa shape index (κ2) is 4.41. The van der Waals surface area contributed by atoms with Crippen LogP contribution in [-0.4, -0.2) is 48.5 Å². The summed E-state index contributed by atoms with van der Waals surface area (Å²) in [6.45, 7) is 1.62. The lowest BCUT2D eigenvalue weighted by Crippen LogP contribution is -2.28. The van der Waals surface area contributed by atoms with Crippen molar-refractivity contribution in [2.24, 2.45) is 5.92 Å². The quantitative estimate of drug-likeness (QED) is 0.656. The summed E-state index contributed by atoms with van der Waals surface area (Å²) in [6.07, 6.45) is 1.15. The second-order valence-electron chi connectivity index (χ2n) is 4.68. The highest BCUT2D eigenvalue weighted by Gasteiger charge is 2.42. The molecular weight excluding hydrogens is 250 g/mol. The van der Waals surface area contributed by atoms with Gasteiger partial charge in [0.25, 0.3) is 0 Å². The van der Waals surface area contributed by atoms with Crippen molar-refractivity contribution in [3.8, 4) is 0 Å². The first-order valence-corrected chi connectivity index (χ1v) is 6.01. The number of nitrogens with zero attached hydrogens (tertiary/aromatic N) is 4. The number of aliphatic hydroxyl groups excluding tert-OH is 2. The molecular formula is C11H15N5O3. The van der Waals surface area contributed by atoms with Gasteiger partial charge < -0.3 is 20.7 Å². The number of anilines is 1. The van der Waals surface area contributed by atoms with Crippen LogP contribution in [0.4, 0.5) is 5.82 Å². The van der Waals surface area contributed by atoms with Crippen molar-refractivity contribution in [1.82, 2.24) is 19.5 Å². The van der Waals surface area contributed by atoms with Crippen LogP contribution in [-0.2, 0) is 4.74 Å². The molecule has 0 spiro atoms. The summed E-state index contributed by atoms with van der Waals surface area (Å²) >= 11 is 0. The van der Waals surface area contributed by atoms with E-state index in [0.29, 0.717) is 17.0 Å². The first-order chi connectivity index (χ1) is 9.13. The second-order valence-corrected chi connectivity index (χ2v) is 4.68. The van der Waals surface area contributed by atoms with Crippen LogP contribution in [0.5, 0.6) is 0 Å². The number of nitrogens with two attached hydrogens (primary N) is 1. The van der Waals surface area contributed by atoms with E-state index in [1.807, 2.05) is 6.92 Å². The first kappa shape index (κ1) is 12.3. The smallest absolute Gasteiger partial charge is 0.167 e. The summed E-state index contributed by atoms with van der Waals surface area (Å²) in [6, 6.07) is 0. The highest BCUT2D eigenvalue weighted by atomic mass is 16.5. The number of aliphatic hydroxyl groups is 2. The predicted molar refractivity (Wildman–Crippen MR) is 65.9 cm³/mol. The highest BCUT2D eigenvalue weighted by molar-refractivity contribution is 5.81. The lowest BCUT2D eigenvalue weighted by molar-refractivity contribution is -0.0447. The van der Waals surface area contributed by atoms with Crippen LogP contribution in [0.1, 0.15) is 13.2 Å². The Balaban J connectivity index is 2.04. The highest BCUT2D eigenvalue weighted by Crippen LogP contribution is 2.35. The van der Waals surface area contributed by atoms with Crippen LogP contribution in [0.25, 0.3) is 11.2 Å². The van der Waals surface area contributed by atoms with Gasteiger partial charge in [0.2, 0.25) is 0 Å². The molecule has 1 aliphatic rings. The minimum absolute atomic E-state index is 0.189. The van der Waals surface area contributed by atoms with Gasteiger partial charge in [-0.25, -0.2) is 15.0 Å². The number of imidazole rings is 1. The maximum absolute atomic E-state index is 9.98. The monoisotopic (exact) mass is 265 g/mol. The van der Waals surface area contributed by atoms with Gasteiger partial charge in [0.15, 0.2) is 11.5 Å². The molecule has 1 saturated heterocycles. The summed E-state index contributed by atoms with van der Waals surface area (Å²) in [7, 11) is 0. The summed E-state index contributed by atoms with van der Waals surface area (Å²) in [5.74, 6) is 0.111. The van der Waals surface area contributed by atoms with Crippen molar-refractivity contribution in [2.75, 3.05) is 12.3 Å². The van der Waals surface area contributed by atoms with Crippen LogP contribution < -0.4 is 5.73 Å². The molecule has 2 aromatic rings. The molecule has 8 heteroatoms. The molecule has 2 aromatic heterocycles. The molecule has 102 valence electrons. The van der Waals surface area contributed by atoms with E-state index in [9.17, 15) is 10.2 Å². The molecule has 8 nitrogen and oxygen atoms in total. The van der Waals surface area contributed by atoms with Gasteiger partial charge in [-0.1, -0.05) is 6.92 Å². The zero-order valence-electron chi connectivity index (χ0n) is 10.3. The molecule has 3 rings (SSSR count). The first-order valence-electron chi connectivity index (χ1n) is 6.01. The SMILES string of the molecule is C[C@@H]1C(O)[C@@H](CO)O[C@H]1n1cnc2c(N)ncnc21. The Morgan fingerprint density at radius 1 is 1.42 bits per heavy atom. The molecule has 1 aliphatic heterocycles. The minimum Gasteiger partial charge on any atom is -0.394 e. The zero-order valence-corrected chi connectivity index (χ0v) is 10.3. The Hall–Kier alpha value is -1.77. The third-order valence-corrected chi connectivity index (χ3v) is 3.52. The van der Waals surface area contributed by atoms with Gasteiger partial charge in [0.1, 0.15) is 24.2 Å². The van der Waals surface area contributed by atoms with E-state index in [4.69, 9.17) is 10.5 Å². The lowest BCUT2D eigenvalue weighted by Gasteiger charge is -2.17. The predicted octanol–water partition coefficient (Wildman–Crippen LogP) is -0.705. The molecule has 0 bridgehead atoms. The normalized spacial score (nSPS) is 31.1. The fourth-order valence-corrected chi connectivity index (χ4v) is 2.42. The minimum atomic E-state index is -0.730. The summed E-state index contributed by atoms with van der Waals surface area (Å²) in [5.41, 5.74) is 6.78. The standard InChI is InChI=1S/C11H15N5O3/c1-5-8(18)6(2-17)19-11(5)16-4-15-7-9(12)13-3-14-10(7)16/h3-6,8,11,17-18H,2H2,1H3,(H2,12,13,14)/t5-,6-,8?,11-/m1/s1. The fraction of sp³-hybridized carbons (Fsp3) is 0.545. The summed E-state index contributed by atoms with van der Waals surface area (Å²) < 4.78 is 7.35. The van der Waals surface area contributed by atoms with Crippen molar-refractivity contribution in [3.05, 3.63) is 12.7 Å². The summed E-state index contributed by atoms with van der Waals surface area (Å²) in [4.78, 5) is 12.2. The number of hydrogen-bond acceptors (Lipinski definition) is 7. The number of aromatic nitrogens is 4. The maximum atomic E-state index is 9.98. The summed E-state index contributed by atoms with van der Waals surface area (Å²) in [5, 5.41) is 19.1. The Bertz CT molecular complexity index is 601. The third kappa shape index (κ3) is 1.76. The molecule has 19 heavy (non-hydrogen) atoms. The van der Waals surface area contributed by atoms with E-state index >= 15 is 0 Å². The molecule has 1 fully saturated rings. The fourth-order valence-electron chi connectivity index (χ4n) is 2.42. The Labute approximate surface area is 108 Å². The van der Waals surface area contributed by atoms with Crippen LogP contribution in [0.15, 0.2) is 12.7 Å². The van der Waals surface area contributed by atoms with E-state index in [0.717, 1.165) is 0 Å². The Morgan fingerprint density at radius 2 is 2.21 bits per heavy atom. The molecule has 0 saturated carbocycles. The molecule has 0 aromatic carbocycles. The van der Waals surface area contributed by atoms with Crippen molar-refractivity contribution in [2.45, 2.75) is 25.4 Å². The number of ether oxygens (including phenoxy) is 1. The van der Waals surface area contributed by atoms with Crippen molar-refractivity contribution in [3.63, 3.8) is 0 Å². The van der Waals surface area contributed by atoms with Gasteiger partial charge in [-0.2, -0.15) is 0 Å². The van der Waals surface area contributed by atoms with Crippen LogP contribution in [0.3, 0.4) is 0 Å². The number of rotatable bonds is 2. The van der Waals surface area contributed by atoms with Crippen LogP contribution >= 0.6 is 0 Å². The van der Waals surface area contributed by atoms with E-state index in [-0.39, 0.29) is 12.5 Å².